The topological polar surface area (TPSA) is 53.2 Å². The van der Waals surface area contributed by atoms with E-state index < -0.39 is 6.10 Å². The van der Waals surface area contributed by atoms with Gasteiger partial charge in [-0.05, 0) is 25.5 Å². The maximum absolute atomic E-state index is 9.43. The molecule has 0 aliphatic rings. The van der Waals surface area contributed by atoms with Crippen LogP contribution in [0.15, 0.2) is 18.2 Å². The van der Waals surface area contributed by atoms with Gasteiger partial charge in [-0.15, -0.1) is 0 Å². The molecule has 0 aliphatic heterocycles. The largest absolute Gasteiger partial charge is 0.478 e. The van der Waals surface area contributed by atoms with Gasteiger partial charge in [0.1, 0.15) is 11.8 Å². The highest BCUT2D eigenvalue weighted by Crippen LogP contribution is 2.25. The Morgan fingerprint density at radius 1 is 1.57 bits per heavy atom. The maximum Gasteiger partial charge on any atom is 0.174 e. The summed E-state index contributed by atoms with van der Waals surface area (Å²) in [7, 11) is 0. The van der Waals surface area contributed by atoms with Gasteiger partial charge in [-0.1, -0.05) is 12.1 Å². The van der Waals surface area contributed by atoms with Gasteiger partial charge in [-0.25, -0.2) is 0 Å². The number of ether oxygens (including phenoxy) is 1. The van der Waals surface area contributed by atoms with Gasteiger partial charge >= 0.3 is 0 Å². The lowest BCUT2D eigenvalue weighted by atomic mass is 10.1. The minimum atomic E-state index is -0.579. The summed E-state index contributed by atoms with van der Waals surface area (Å²) in [6.07, 6.45) is -0.579. The Morgan fingerprint density at radius 3 is 2.86 bits per heavy atom. The Hall–Kier alpha value is -1.53. The van der Waals surface area contributed by atoms with Gasteiger partial charge in [0.2, 0.25) is 0 Å². The quantitative estimate of drug-likeness (QED) is 0.794. The fourth-order valence-corrected chi connectivity index (χ4v) is 1.22. The number of aliphatic hydroxyl groups excluding tert-OH is 1. The van der Waals surface area contributed by atoms with E-state index in [9.17, 15) is 5.11 Å². The van der Waals surface area contributed by atoms with E-state index in [0.717, 1.165) is 5.56 Å². The number of rotatable bonds is 3. The summed E-state index contributed by atoms with van der Waals surface area (Å²) >= 11 is 0. The van der Waals surface area contributed by atoms with Crippen molar-refractivity contribution in [2.24, 2.45) is 0 Å². The van der Waals surface area contributed by atoms with Crippen LogP contribution < -0.4 is 4.74 Å². The van der Waals surface area contributed by atoms with Crippen LogP contribution in [0.4, 0.5) is 0 Å². The summed E-state index contributed by atoms with van der Waals surface area (Å²) < 4.78 is 5.21. The molecule has 3 heteroatoms. The Balaban J connectivity index is 2.98. The first kappa shape index (κ1) is 10.6. The summed E-state index contributed by atoms with van der Waals surface area (Å²) in [4.78, 5) is 0. The molecule has 1 N–H and O–H groups in total. The summed E-state index contributed by atoms with van der Waals surface area (Å²) in [6.45, 7) is 3.61. The molecule has 1 aromatic carbocycles. The van der Waals surface area contributed by atoms with E-state index in [2.05, 4.69) is 0 Å². The third kappa shape index (κ3) is 2.48. The van der Waals surface area contributed by atoms with Crippen LogP contribution in [-0.2, 0) is 0 Å². The van der Waals surface area contributed by atoms with Crippen molar-refractivity contribution in [3.05, 3.63) is 29.3 Å². The number of aryl methyl sites for hydroxylation is 1. The van der Waals surface area contributed by atoms with Crippen LogP contribution in [0.25, 0.3) is 0 Å². The molecule has 0 aliphatic carbocycles. The van der Waals surface area contributed by atoms with Gasteiger partial charge in [0.15, 0.2) is 6.61 Å². The van der Waals surface area contributed by atoms with Gasteiger partial charge in [0, 0.05) is 5.56 Å². The average molecular weight is 191 g/mol. The lowest BCUT2D eigenvalue weighted by Crippen LogP contribution is -2.00. The lowest BCUT2D eigenvalue weighted by molar-refractivity contribution is 0.193. The van der Waals surface area contributed by atoms with E-state index in [-0.39, 0.29) is 6.61 Å². The second-order valence-electron chi connectivity index (χ2n) is 3.16. The highest BCUT2D eigenvalue weighted by molar-refractivity contribution is 5.38. The zero-order valence-corrected chi connectivity index (χ0v) is 8.32. The first-order chi connectivity index (χ1) is 6.65. The average Bonchev–Trinajstić information content (AvgIpc) is 2.14. The highest BCUT2D eigenvalue weighted by atomic mass is 16.5. The van der Waals surface area contributed by atoms with Crippen molar-refractivity contribution in [1.29, 1.82) is 5.26 Å². The molecule has 0 unspecified atom stereocenters. The Kier molecular flexibility index (Phi) is 3.49. The van der Waals surface area contributed by atoms with Crippen LogP contribution in [0.2, 0.25) is 0 Å². The molecule has 14 heavy (non-hydrogen) atoms. The van der Waals surface area contributed by atoms with Crippen molar-refractivity contribution in [1.82, 2.24) is 0 Å². The lowest BCUT2D eigenvalue weighted by Gasteiger charge is -2.12. The normalized spacial score (nSPS) is 11.9. The van der Waals surface area contributed by atoms with Crippen molar-refractivity contribution in [3.8, 4) is 11.8 Å². The van der Waals surface area contributed by atoms with Crippen molar-refractivity contribution in [2.45, 2.75) is 20.0 Å². The minimum absolute atomic E-state index is 0.00315. The van der Waals surface area contributed by atoms with Crippen LogP contribution in [0, 0.1) is 18.3 Å². The summed E-state index contributed by atoms with van der Waals surface area (Å²) in [5.41, 5.74) is 1.76. The molecule has 0 radical (unpaired) electrons. The molecule has 1 aromatic rings. The Labute approximate surface area is 83.6 Å². The summed E-state index contributed by atoms with van der Waals surface area (Å²) in [6, 6.07) is 7.43. The third-order valence-electron chi connectivity index (χ3n) is 1.91. The number of aliphatic hydroxyl groups is 1. The van der Waals surface area contributed by atoms with Crippen LogP contribution in [0.3, 0.4) is 0 Å². The fraction of sp³-hybridized carbons (Fsp3) is 0.364. The van der Waals surface area contributed by atoms with E-state index in [1.807, 2.05) is 31.2 Å². The van der Waals surface area contributed by atoms with Crippen LogP contribution in [0.5, 0.6) is 5.75 Å². The van der Waals surface area contributed by atoms with E-state index in [1.165, 1.54) is 0 Å². The SMILES string of the molecule is Cc1ccc([C@@H](C)O)c(OCC#N)c1. The molecule has 0 fully saturated rings. The number of hydrogen-bond donors (Lipinski definition) is 1. The van der Waals surface area contributed by atoms with Crippen molar-refractivity contribution in [2.75, 3.05) is 6.61 Å². The molecule has 0 spiro atoms. The van der Waals surface area contributed by atoms with Gasteiger partial charge in [0.25, 0.3) is 0 Å². The molecule has 0 heterocycles. The Morgan fingerprint density at radius 2 is 2.29 bits per heavy atom. The smallest absolute Gasteiger partial charge is 0.174 e. The second kappa shape index (κ2) is 4.64. The van der Waals surface area contributed by atoms with Crippen molar-refractivity contribution in [3.63, 3.8) is 0 Å². The predicted molar refractivity (Wildman–Crippen MR) is 52.9 cm³/mol. The maximum atomic E-state index is 9.43. The molecule has 0 saturated carbocycles. The van der Waals surface area contributed by atoms with E-state index >= 15 is 0 Å². The zero-order chi connectivity index (χ0) is 10.6. The van der Waals surface area contributed by atoms with Gasteiger partial charge < -0.3 is 9.84 Å². The molecule has 0 amide bonds. The van der Waals surface area contributed by atoms with Crippen LogP contribution >= 0.6 is 0 Å². The first-order valence-electron chi connectivity index (χ1n) is 4.43. The molecule has 1 rings (SSSR count). The van der Waals surface area contributed by atoms with Crippen molar-refractivity contribution >= 4 is 0 Å². The Bertz CT molecular complexity index is 353. The molecule has 0 saturated heterocycles. The molecular formula is C11H13NO2. The van der Waals surface area contributed by atoms with E-state index in [4.69, 9.17) is 10.00 Å². The molecule has 0 aromatic heterocycles. The monoisotopic (exact) mass is 191 g/mol. The highest BCUT2D eigenvalue weighted by Gasteiger charge is 2.08. The summed E-state index contributed by atoms with van der Waals surface area (Å²) in [5, 5.41) is 17.8. The zero-order valence-electron chi connectivity index (χ0n) is 8.32. The predicted octanol–water partition coefficient (Wildman–Crippen LogP) is 1.95. The van der Waals surface area contributed by atoms with Crippen LogP contribution in [0.1, 0.15) is 24.2 Å². The van der Waals surface area contributed by atoms with Crippen LogP contribution in [-0.4, -0.2) is 11.7 Å². The van der Waals surface area contributed by atoms with Gasteiger partial charge in [0.05, 0.1) is 6.10 Å². The third-order valence-corrected chi connectivity index (χ3v) is 1.91. The fourth-order valence-electron chi connectivity index (χ4n) is 1.22. The minimum Gasteiger partial charge on any atom is -0.478 e. The molecule has 1 atom stereocenters. The van der Waals surface area contributed by atoms with E-state index in [0.29, 0.717) is 11.3 Å². The molecular weight excluding hydrogens is 178 g/mol. The van der Waals surface area contributed by atoms with Gasteiger partial charge in [-0.2, -0.15) is 5.26 Å². The number of benzene rings is 1. The summed E-state index contributed by atoms with van der Waals surface area (Å²) in [5.74, 6) is 0.585. The number of hydrogen-bond acceptors (Lipinski definition) is 3. The van der Waals surface area contributed by atoms with Gasteiger partial charge in [-0.3, -0.25) is 0 Å². The molecule has 74 valence electrons. The standard InChI is InChI=1S/C11H13NO2/c1-8-3-4-10(9(2)13)11(7-8)14-6-5-12/h3-4,7,9,13H,6H2,1-2H3/t9-/m1/s1. The molecule has 0 bridgehead atoms. The van der Waals surface area contributed by atoms with E-state index in [1.54, 1.807) is 6.92 Å². The first-order valence-corrected chi connectivity index (χ1v) is 4.43. The number of nitriles is 1. The second-order valence-corrected chi connectivity index (χ2v) is 3.16. The molecule has 3 nitrogen and oxygen atoms in total. The number of nitrogens with zero attached hydrogens (tertiary/aromatic N) is 1. The van der Waals surface area contributed by atoms with Crippen molar-refractivity contribution < 1.29 is 9.84 Å².